The van der Waals surface area contributed by atoms with E-state index in [1.54, 1.807) is 6.07 Å². The summed E-state index contributed by atoms with van der Waals surface area (Å²) in [7, 11) is 0. The van der Waals surface area contributed by atoms with E-state index < -0.39 is 11.4 Å². The number of nitrogens with one attached hydrogen (secondary N) is 1. The molecular weight excluding hydrogens is 388 g/mol. The fourth-order valence-electron chi connectivity index (χ4n) is 3.21. The molecule has 6 nitrogen and oxygen atoms in total. The number of carbonyl (C=O) groups excluding carboxylic acids is 3. The van der Waals surface area contributed by atoms with Crippen LogP contribution in [0, 0.1) is 19.3 Å². The zero-order chi connectivity index (χ0) is 21.3. The molecule has 0 bridgehead atoms. The van der Waals surface area contributed by atoms with Crippen LogP contribution in [-0.4, -0.2) is 28.8 Å². The Bertz CT molecular complexity index is 945. The summed E-state index contributed by atoms with van der Waals surface area (Å²) in [6.45, 7) is 9.54. The molecule has 0 aromatic carbocycles. The Morgan fingerprint density at radius 2 is 1.90 bits per heavy atom. The van der Waals surface area contributed by atoms with Crippen LogP contribution in [0.15, 0.2) is 18.2 Å². The van der Waals surface area contributed by atoms with Gasteiger partial charge in [-0.2, -0.15) is 0 Å². The number of hydrogen-bond donors (Lipinski definition) is 1. The molecule has 156 valence electrons. The van der Waals surface area contributed by atoms with Gasteiger partial charge in [0.1, 0.15) is 0 Å². The number of aryl methyl sites for hydroxylation is 1. The maximum Gasteiger partial charge on any atom is 0.340 e. The average molecular weight is 417 g/mol. The lowest BCUT2D eigenvalue weighted by molar-refractivity contribution is -0.128. The molecule has 2 aromatic heterocycles. The molecular formula is C22H28N2O4S. The Morgan fingerprint density at radius 1 is 1.21 bits per heavy atom. The number of hydrogen-bond acceptors (Lipinski definition) is 5. The normalized spacial score (nSPS) is 14.0. The fraction of sp³-hybridized carbons (Fsp3) is 0.500. The van der Waals surface area contributed by atoms with Crippen molar-refractivity contribution in [3.05, 3.63) is 44.9 Å². The van der Waals surface area contributed by atoms with Crippen LogP contribution in [0.4, 0.5) is 0 Å². The van der Waals surface area contributed by atoms with Crippen LogP contribution in [0.25, 0.3) is 0 Å². The first-order valence-corrected chi connectivity index (χ1v) is 10.7. The van der Waals surface area contributed by atoms with Crippen LogP contribution >= 0.6 is 11.3 Å². The Balaban J connectivity index is 1.55. The topological polar surface area (TPSA) is 77.4 Å². The molecule has 1 amide bonds. The number of ether oxygens (including phenoxy) is 1. The predicted octanol–water partition coefficient (Wildman–Crippen LogP) is 4.20. The third-order valence-electron chi connectivity index (χ3n) is 4.99. The summed E-state index contributed by atoms with van der Waals surface area (Å²) in [6.07, 6.45) is 2.28. The number of carbonyl (C=O) groups is 3. The van der Waals surface area contributed by atoms with E-state index in [1.807, 2.05) is 46.8 Å². The Hall–Kier alpha value is -2.41. The molecule has 0 saturated heterocycles. The third kappa shape index (κ3) is 4.96. The van der Waals surface area contributed by atoms with E-state index in [2.05, 4.69) is 9.88 Å². The van der Waals surface area contributed by atoms with Gasteiger partial charge in [-0.25, -0.2) is 4.79 Å². The number of Topliss-reactive ketones (excluding diaryl/α,β-unsaturated/α-hetero) is 1. The van der Waals surface area contributed by atoms with E-state index in [4.69, 9.17) is 4.74 Å². The fourth-order valence-corrected chi connectivity index (χ4v) is 4.09. The first-order valence-electron chi connectivity index (χ1n) is 9.83. The van der Waals surface area contributed by atoms with Crippen LogP contribution in [0.1, 0.15) is 75.9 Å². The molecule has 0 unspecified atom stereocenters. The SMILES string of the molecule is Cc1cc(C(=O)OCC(=O)c2ccc(CNC(=O)C(C)(C)C)s2)c(C)n1C1CC1. The standard InChI is InChI=1S/C22H28N2O4S/c1-13-10-17(14(2)24(13)15-6-7-15)20(26)28-12-18(25)19-9-8-16(29-19)11-23-21(27)22(3,4)5/h8-10,15H,6-7,11-12H2,1-5H3,(H,23,27). The maximum absolute atomic E-state index is 12.5. The molecule has 2 heterocycles. The number of aromatic nitrogens is 1. The summed E-state index contributed by atoms with van der Waals surface area (Å²) < 4.78 is 7.46. The summed E-state index contributed by atoms with van der Waals surface area (Å²) in [6, 6.07) is 5.84. The van der Waals surface area contributed by atoms with Gasteiger partial charge in [0.05, 0.1) is 17.0 Å². The molecule has 0 radical (unpaired) electrons. The first kappa shape index (κ1) is 21.3. The van der Waals surface area contributed by atoms with Crippen LogP contribution in [0.5, 0.6) is 0 Å². The highest BCUT2D eigenvalue weighted by Crippen LogP contribution is 2.38. The summed E-state index contributed by atoms with van der Waals surface area (Å²) >= 11 is 1.30. The molecule has 2 aromatic rings. The molecule has 1 saturated carbocycles. The number of ketones is 1. The van der Waals surface area contributed by atoms with E-state index in [9.17, 15) is 14.4 Å². The van der Waals surface area contributed by atoms with Gasteiger partial charge in [-0.05, 0) is 44.9 Å². The van der Waals surface area contributed by atoms with Gasteiger partial charge in [0.25, 0.3) is 0 Å². The molecule has 7 heteroatoms. The zero-order valence-corrected chi connectivity index (χ0v) is 18.4. The second kappa shape index (κ2) is 8.14. The van der Waals surface area contributed by atoms with E-state index in [0.717, 1.165) is 29.1 Å². The molecule has 1 aliphatic rings. The molecule has 3 rings (SSSR count). The highest BCUT2D eigenvalue weighted by Gasteiger charge is 2.29. The minimum atomic E-state index is -0.465. The van der Waals surface area contributed by atoms with Crippen molar-refractivity contribution >= 4 is 29.0 Å². The van der Waals surface area contributed by atoms with Gasteiger partial charge in [0, 0.05) is 27.7 Å². The van der Waals surface area contributed by atoms with E-state index >= 15 is 0 Å². The van der Waals surface area contributed by atoms with Gasteiger partial charge in [0.15, 0.2) is 6.61 Å². The van der Waals surface area contributed by atoms with E-state index in [-0.39, 0.29) is 18.3 Å². The van der Waals surface area contributed by atoms with E-state index in [0.29, 0.717) is 23.0 Å². The summed E-state index contributed by atoms with van der Waals surface area (Å²) in [4.78, 5) is 38.2. The maximum atomic E-state index is 12.5. The lowest BCUT2D eigenvalue weighted by Crippen LogP contribution is -2.34. The van der Waals surface area contributed by atoms with Crippen LogP contribution < -0.4 is 5.32 Å². The van der Waals surface area contributed by atoms with Crippen molar-refractivity contribution in [2.75, 3.05) is 6.61 Å². The second-order valence-corrected chi connectivity index (χ2v) is 9.75. The van der Waals surface area contributed by atoms with Crippen molar-refractivity contribution < 1.29 is 19.1 Å². The first-order chi connectivity index (χ1) is 13.6. The van der Waals surface area contributed by atoms with Crippen molar-refractivity contribution in [2.24, 2.45) is 5.41 Å². The number of esters is 1. The van der Waals surface area contributed by atoms with Crippen LogP contribution in [0.3, 0.4) is 0 Å². The lowest BCUT2D eigenvalue weighted by Gasteiger charge is -2.17. The largest absolute Gasteiger partial charge is 0.454 e. The van der Waals surface area contributed by atoms with Crippen molar-refractivity contribution in [1.82, 2.24) is 9.88 Å². The molecule has 0 atom stereocenters. The Morgan fingerprint density at radius 3 is 2.52 bits per heavy atom. The van der Waals surface area contributed by atoms with Crippen molar-refractivity contribution in [3.8, 4) is 0 Å². The number of rotatable bonds is 7. The van der Waals surface area contributed by atoms with Gasteiger partial charge in [-0.1, -0.05) is 20.8 Å². The quantitative estimate of drug-likeness (QED) is 0.542. The van der Waals surface area contributed by atoms with Gasteiger partial charge < -0.3 is 14.6 Å². The molecule has 1 N–H and O–H groups in total. The van der Waals surface area contributed by atoms with Crippen molar-refractivity contribution in [3.63, 3.8) is 0 Å². The monoisotopic (exact) mass is 416 g/mol. The zero-order valence-electron chi connectivity index (χ0n) is 17.6. The number of amides is 1. The predicted molar refractivity (Wildman–Crippen MR) is 112 cm³/mol. The summed E-state index contributed by atoms with van der Waals surface area (Å²) in [5, 5.41) is 2.86. The molecule has 1 aliphatic carbocycles. The Kier molecular flexibility index (Phi) is 5.98. The van der Waals surface area contributed by atoms with Crippen LogP contribution in [0.2, 0.25) is 0 Å². The van der Waals surface area contributed by atoms with Crippen molar-refractivity contribution in [1.29, 1.82) is 0 Å². The molecule has 1 fully saturated rings. The van der Waals surface area contributed by atoms with Gasteiger partial charge in [-0.15, -0.1) is 11.3 Å². The van der Waals surface area contributed by atoms with Gasteiger partial charge >= 0.3 is 5.97 Å². The van der Waals surface area contributed by atoms with E-state index in [1.165, 1.54) is 11.3 Å². The van der Waals surface area contributed by atoms with Gasteiger partial charge in [-0.3, -0.25) is 9.59 Å². The Labute approximate surface area is 175 Å². The second-order valence-electron chi connectivity index (χ2n) is 8.58. The summed E-state index contributed by atoms with van der Waals surface area (Å²) in [5.74, 6) is -0.753. The molecule has 0 spiro atoms. The lowest BCUT2D eigenvalue weighted by atomic mass is 9.96. The van der Waals surface area contributed by atoms with Crippen molar-refractivity contribution in [2.45, 2.75) is 60.0 Å². The highest BCUT2D eigenvalue weighted by atomic mass is 32.1. The number of nitrogens with zero attached hydrogens (tertiary/aromatic N) is 1. The van der Waals surface area contributed by atoms with Gasteiger partial charge in [0.2, 0.25) is 11.7 Å². The molecule has 29 heavy (non-hydrogen) atoms. The molecule has 0 aliphatic heterocycles. The average Bonchev–Trinajstić information content (AvgIpc) is 3.27. The third-order valence-corrected chi connectivity index (χ3v) is 6.12. The summed E-state index contributed by atoms with van der Waals surface area (Å²) in [5.41, 5.74) is 2.01. The van der Waals surface area contributed by atoms with Crippen LogP contribution in [-0.2, 0) is 16.1 Å². The highest BCUT2D eigenvalue weighted by molar-refractivity contribution is 7.14. The smallest absolute Gasteiger partial charge is 0.340 e. The number of thiophene rings is 1. The minimum absolute atomic E-state index is 0.0449. The minimum Gasteiger partial charge on any atom is -0.454 e.